The van der Waals surface area contributed by atoms with Crippen LogP contribution in [-0.4, -0.2) is 43.8 Å². The summed E-state index contributed by atoms with van der Waals surface area (Å²) in [6.45, 7) is 3.76. The van der Waals surface area contributed by atoms with Gasteiger partial charge in [-0.1, -0.05) is 0 Å². The van der Waals surface area contributed by atoms with E-state index in [1.807, 2.05) is 6.92 Å². The maximum absolute atomic E-state index is 11.3. The van der Waals surface area contributed by atoms with Gasteiger partial charge in [0.15, 0.2) is 6.10 Å². The molecule has 2 heterocycles. The highest BCUT2D eigenvalue weighted by atomic mass is 16.5. The van der Waals surface area contributed by atoms with Gasteiger partial charge in [0, 0.05) is 13.1 Å². The normalized spacial score (nSPS) is 21.6. The van der Waals surface area contributed by atoms with E-state index < -0.39 is 12.1 Å². The Balaban J connectivity index is 2.07. The van der Waals surface area contributed by atoms with E-state index in [-0.39, 0.29) is 11.8 Å². The highest BCUT2D eigenvalue weighted by molar-refractivity contribution is 5.86. The molecule has 0 saturated carbocycles. The summed E-state index contributed by atoms with van der Waals surface area (Å²) in [5, 5.41) is 8.88. The largest absolute Gasteiger partial charge is 0.463 e. The van der Waals surface area contributed by atoms with Crippen molar-refractivity contribution >= 4 is 5.97 Å². The molecule has 0 spiro atoms. The van der Waals surface area contributed by atoms with E-state index in [4.69, 9.17) is 14.4 Å². The van der Waals surface area contributed by atoms with Crippen molar-refractivity contribution in [3.63, 3.8) is 0 Å². The van der Waals surface area contributed by atoms with Gasteiger partial charge in [0.05, 0.1) is 25.8 Å². The third-order valence-corrected chi connectivity index (χ3v) is 3.21. The third kappa shape index (κ3) is 2.95. The second kappa shape index (κ2) is 5.87. The fourth-order valence-electron chi connectivity index (χ4n) is 2.07. The maximum Gasteiger partial charge on any atom is 0.373 e. The number of furan rings is 1. The Morgan fingerprint density at radius 2 is 2.42 bits per heavy atom. The van der Waals surface area contributed by atoms with Gasteiger partial charge >= 0.3 is 5.97 Å². The van der Waals surface area contributed by atoms with E-state index in [0.717, 1.165) is 6.54 Å². The molecule has 0 radical (unpaired) electrons. The Kier molecular flexibility index (Phi) is 4.20. The fourth-order valence-corrected chi connectivity index (χ4v) is 2.07. The van der Waals surface area contributed by atoms with Crippen molar-refractivity contribution in [2.75, 3.05) is 26.8 Å². The molecule has 1 aromatic heterocycles. The van der Waals surface area contributed by atoms with Gasteiger partial charge < -0.3 is 13.9 Å². The molecule has 2 rings (SSSR count). The predicted octanol–water partition coefficient (Wildman–Crippen LogP) is 1.35. The zero-order chi connectivity index (χ0) is 13.8. The number of methoxy groups -OCH3 is 1. The molecule has 0 aromatic carbocycles. The number of hydrogen-bond donors (Lipinski definition) is 0. The lowest BCUT2D eigenvalue weighted by Crippen LogP contribution is -2.42. The van der Waals surface area contributed by atoms with Gasteiger partial charge in [0.25, 0.3) is 0 Å². The van der Waals surface area contributed by atoms with Crippen LogP contribution in [0.25, 0.3) is 0 Å². The van der Waals surface area contributed by atoms with E-state index in [0.29, 0.717) is 18.9 Å². The van der Waals surface area contributed by atoms with Gasteiger partial charge in [0.2, 0.25) is 5.76 Å². The number of hydrogen-bond acceptors (Lipinski definition) is 6. The second-order valence-corrected chi connectivity index (χ2v) is 4.35. The number of nitriles is 1. The average Bonchev–Trinajstić information content (AvgIpc) is 2.95. The molecule has 19 heavy (non-hydrogen) atoms. The van der Waals surface area contributed by atoms with Crippen molar-refractivity contribution in [2.45, 2.75) is 19.1 Å². The molecule has 0 aliphatic carbocycles. The number of esters is 1. The molecule has 6 nitrogen and oxygen atoms in total. The molecular formula is C13H16N2O4. The van der Waals surface area contributed by atoms with E-state index in [9.17, 15) is 4.79 Å². The van der Waals surface area contributed by atoms with Gasteiger partial charge in [-0.3, -0.25) is 4.90 Å². The fraction of sp³-hybridized carbons (Fsp3) is 0.538. The molecule has 0 N–H and O–H groups in total. The van der Waals surface area contributed by atoms with Crippen LogP contribution in [-0.2, 0) is 9.47 Å². The first kappa shape index (κ1) is 13.6. The van der Waals surface area contributed by atoms with Crippen LogP contribution in [0.1, 0.15) is 29.3 Å². The molecule has 1 saturated heterocycles. The van der Waals surface area contributed by atoms with E-state index in [1.54, 1.807) is 12.1 Å². The van der Waals surface area contributed by atoms with Crippen molar-refractivity contribution in [3.05, 3.63) is 23.7 Å². The van der Waals surface area contributed by atoms with Crippen LogP contribution in [0.5, 0.6) is 0 Å². The molecule has 1 fully saturated rings. The van der Waals surface area contributed by atoms with Crippen LogP contribution in [0.4, 0.5) is 0 Å². The van der Waals surface area contributed by atoms with Crippen LogP contribution in [0, 0.1) is 11.3 Å². The smallest absolute Gasteiger partial charge is 0.373 e. The Morgan fingerprint density at radius 1 is 1.63 bits per heavy atom. The first-order valence-corrected chi connectivity index (χ1v) is 6.09. The lowest BCUT2D eigenvalue weighted by molar-refractivity contribution is -0.0179. The summed E-state index contributed by atoms with van der Waals surface area (Å²) in [5.74, 6) is 0.378. The molecule has 6 heteroatoms. The Morgan fingerprint density at radius 3 is 3.11 bits per heavy atom. The molecule has 102 valence electrons. The van der Waals surface area contributed by atoms with Crippen molar-refractivity contribution in [1.82, 2.24) is 4.90 Å². The van der Waals surface area contributed by atoms with E-state index >= 15 is 0 Å². The minimum Gasteiger partial charge on any atom is -0.463 e. The molecule has 1 aliphatic rings. The summed E-state index contributed by atoms with van der Waals surface area (Å²) in [4.78, 5) is 13.4. The quantitative estimate of drug-likeness (QED) is 0.767. The lowest BCUT2D eigenvalue weighted by atomic mass is 10.2. The number of morpholine rings is 1. The number of carbonyl (C=O) groups excluding carboxylic acids is 1. The molecule has 0 bridgehead atoms. The molecule has 0 amide bonds. The minimum atomic E-state index is -0.490. The molecule has 1 aromatic rings. The Bertz CT molecular complexity index is 491. The first-order valence-electron chi connectivity index (χ1n) is 6.09. The third-order valence-electron chi connectivity index (χ3n) is 3.21. The summed E-state index contributed by atoms with van der Waals surface area (Å²) in [5.41, 5.74) is 0. The van der Waals surface area contributed by atoms with Crippen LogP contribution in [0.15, 0.2) is 16.5 Å². The van der Waals surface area contributed by atoms with Gasteiger partial charge in [-0.2, -0.15) is 5.26 Å². The van der Waals surface area contributed by atoms with Gasteiger partial charge in [-0.25, -0.2) is 4.79 Å². The van der Waals surface area contributed by atoms with Crippen LogP contribution >= 0.6 is 0 Å². The first-order chi connectivity index (χ1) is 9.15. The lowest BCUT2D eigenvalue weighted by Gasteiger charge is -2.33. The van der Waals surface area contributed by atoms with E-state index in [1.165, 1.54) is 7.11 Å². The van der Waals surface area contributed by atoms with Crippen LogP contribution in [0.2, 0.25) is 0 Å². The Hall–Kier alpha value is -1.84. The molecule has 1 aliphatic heterocycles. The van der Waals surface area contributed by atoms with Gasteiger partial charge in [0.1, 0.15) is 5.76 Å². The molecule has 2 atom stereocenters. The summed E-state index contributed by atoms with van der Waals surface area (Å²) in [6.07, 6.45) is -0.411. The van der Waals surface area contributed by atoms with Crippen molar-refractivity contribution in [3.8, 4) is 6.07 Å². The van der Waals surface area contributed by atoms with E-state index in [2.05, 4.69) is 15.7 Å². The number of rotatable bonds is 3. The zero-order valence-corrected chi connectivity index (χ0v) is 11.0. The zero-order valence-electron chi connectivity index (χ0n) is 11.0. The number of carbonyl (C=O) groups is 1. The highest BCUT2D eigenvalue weighted by Gasteiger charge is 2.27. The minimum absolute atomic E-state index is 0.0156. The van der Waals surface area contributed by atoms with Gasteiger partial charge in [-0.05, 0) is 19.1 Å². The Labute approximate surface area is 111 Å². The summed E-state index contributed by atoms with van der Waals surface area (Å²) >= 11 is 0. The van der Waals surface area contributed by atoms with Crippen molar-refractivity contribution in [1.29, 1.82) is 5.26 Å². The topological polar surface area (TPSA) is 75.7 Å². The van der Waals surface area contributed by atoms with Crippen LogP contribution < -0.4 is 0 Å². The summed E-state index contributed by atoms with van der Waals surface area (Å²) in [6, 6.07) is 5.44. The van der Waals surface area contributed by atoms with Crippen molar-refractivity contribution < 1.29 is 18.7 Å². The molecule has 2 unspecified atom stereocenters. The molecular weight excluding hydrogens is 248 g/mol. The summed E-state index contributed by atoms with van der Waals surface area (Å²) in [7, 11) is 1.31. The maximum atomic E-state index is 11.3. The predicted molar refractivity (Wildman–Crippen MR) is 65.4 cm³/mol. The SMILES string of the molecule is COC(=O)c1ccc(C(C)N2CCOC(C#N)C2)o1. The number of ether oxygens (including phenoxy) is 2. The number of nitrogens with zero attached hydrogens (tertiary/aromatic N) is 2. The highest BCUT2D eigenvalue weighted by Crippen LogP contribution is 2.24. The average molecular weight is 264 g/mol. The van der Waals surface area contributed by atoms with Crippen LogP contribution in [0.3, 0.4) is 0 Å². The standard InChI is InChI=1S/C13H16N2O4/c1-9(15-5-6-18-10(7-14)8-15)11-3-4-12(19-11)13(16)17-2/h3-4,9-10H,5-6,8H2,1-2H3. The summed E-state index contributed by atoms with van der Waals surface area (Å²) < 4.78 is 15.4. The second-order valence-electron chi connectivity index (χ2n) is 4.35. The monoisotopic (exact) mass is 264 g/mol. The van der Waals surface area contributed by atoms with Gasteiger partial charge in [-0.15, -0.1) is 0 Å². The van der Waals surface area contributed by atoms with Crippen molar-refractivity contribution in [2.24, 2.45) is 0 Å².